The van der Waals surface area contributed by atoms with Crippen LogP contribution >= 0.6 is 11.6 Å². The number of aryl methyl sites for hydroxylation is 1. The summed E-state index contributed by atoms with van der Waals surface area (Å²) in [6, 6.07) is 0. The van der Waals surface area contributed by atoms with Crippen LogP contribution in [0.15, 0.2) is 6.20 Å². The highest BCUT2D eigenvalue weighted by Crippen LogP contribution is 2.15. The Hall–Kier alpha value is -0.750. The molecule has 0 aliphatic carbocycles. The SMILES string of the molecule is FCCn1cc(Cl)c(COCC(F)F)n1. The van der Waals surface area contributed by atoms with Crippen LogP contribution in [-0.2, 0) is 17.9 Å². The maximum Gasteiger partial charge on any atom is 0.261 e. The lowest BCUT2D eigenvalue weighted by molar-refractivity contribution is 0.00870. The van der Waals surface area contributed by atoms with Crippen LogP contribution in [0.1, 0.15) is 5.69 Å². The number of rotatable bonds is 6. The molecule has 0 bridgehead atoms. The molecule has 0 aliphatic heterocycles. The van der Waals surface area contributed by atoms with E-state index in [9.17, 15) is 13.2 Å². The van der Waals surface area contributed by atoms with Crippen molar-refractivity contribution in [2.45, 2.75) is 19.6 Å². The number of alkyl halides is 3. The first kappa shape index (κ1) is 12.3. The number of aromatic nitrogens is 2. The average molecular weight is 243 g/mol. The molecule has 0 radical (unpaired) electrons. The third kappa shape index (κ3) is 4.09. The van der Waals surface area contributed by atoms with Gasteiger partial charge in [0.25, 0.3) is 6.43 Å². The van der Waals surface area contributed by atoms with Gasteiger partial charge in [0.15, 0.2) is 0 Å². The van der Waals surface area contributed by atoms with Crippen molar-refractivity contribution in [3.8, 4) is 0 Å². The minimum absolute atomic E-state index is 0.0918. The standard InChI is InChI=1S/C8H10ClF3N2O/c9-6-3-14(2-1-10)13-7(6)4-15-5-8(11)12/h3,8H,1-2,4-5H2. The van der Waals surface area contributed by atoms with E-state index < -0.39 is 19.7 Å². The van der Waals surface area contributed by atoms with Crippen LogP contribution in [0.25, 0.3) is 0 Å². The Morgan fingerprint density at radius 1 is 1.53 bits per heavy atom. The summed E-state index contributed by atoms with van der Waals surface area (Å²) in [4.78, 5) is 0. The molecule has 0 spiro atoms. The van der Waals surface area contributed by atoms with Crippen molar-refractivity contribution in [3.05, 3.63) is 16.9 Å². The highest BCUT2D eigenvalue weighted by molar-refractivity contribution is 6.31. The fourth-order valence-electron chi connectivity index (χ4n) is 0.981. The van der Waals surface area contributed by atoms with Crippen molar-refractivity contribution in [2.24, 2.45) is 0 Å². The van der Waals surface area contributed by atoms with Gasteiger partial charge in [-0.3, -0.25) is 4.68 Å². The predicted octanol–water partition coefficient (Wildman–Crippen LogP) is 2.29. The molecule has 0 saturated heterocycles. The van der Waals surface area contributed by atoms with Crippen LogP contribution in [0.2, 0.25) is 5.02 Å². The molecule has 0 unspecified atom stereocenters. The van der Waals surface area contributed by atoms with Gasteiger partial charge >= 0.3 is 0 Å². The highest BCUT2D eigenvalue weighted by atomic mass is 35.5. The summed E-state index contributed by atoms with van der Waals surface area (Å²) >= 11 is 5.72. The van der Waals surface area contributed by atoms with Crippen molar-refractivity contribution in [3.63, 3.8) is 0 Å². The van der Waals surface area contributed by atoms with Gasteiger partial charge < -0.3 is 4.74 Å². The zero-order valence-electron chi connectivity index (χ0n) is 7.80. The molecule has 3 nitrogen and oxygen atoms in total. The van der Waals surface area contributed by atoms with Gasteiger partial charge in [-0.25, -0.2) is 13.2 Å². The highest BCUT2D eigenvalue weighted by Gasteiger charge is 2.08. The van der Waals surface area contributed by atoms with Crippen molar-refractivity contribution < 1.29 is 17.9 Å². The van der Waals surface area contributed by atoms with Gasteiger partial charge in [0.1, 0.15) is 19.0 Å². The van der Waals surface area contributed by atoms with Crippen molar-refractivity contribution in [1.82, 2.24) is 9.78 Å². The van der Waals surface area contributed by atoms with E-state index in [1.807, 2.05) is 0 Å². The van der Waals surface area contributed by atoms with Crippen molar-refractivity contribution >= 4 is 11.6 Å². The summed E-state index contributed by atoms with van der Waals surface area (Å²) in [6.45, 7) is -1.22. The summed E-state index contributed by atoms with van der Waals surface area (Å²) in [5.74, 6) is 0. The maximum atomic E-state index is 11.9. The summed E-state index contributed by atoms with van der Waals surface area (Å²) < 4.78 is 41.4. The van der Waals surface area contributed by atoms with Crippen LogP contribution in [0.5, 0.6) is 0 Å². The van der Waals surface area contributed by atoms with Crippen LogP contribution in [0.3, 0.4) is 0 Å². The third-order valence-corrected chi connectivity index (χ3v) is 1.90. The average Bonchev–Trinajstić information content (AvgIpc) is 2.47. The summed E-state index contributed by atoms with van der Waals surface area (Å²) in [5, 5.41) is 4.16. The van der Waals surface area contributed by atoms with E-state index in [0.29, 0.717) is 5.69 Å². The molecule has 7 heteroatoms. The fraction of sp³-hybridized carbons (Fsp3) is 0.625. The Balaban J connectivity index is 2.46. The Morgan fingerprint density at radius 2 is 2.27 bits per heavy atom. The van der Waals surface area contributed by atoms with Crippen molar-refractivity contribution in [1.29, 1.82) is 0 Å². The maximum absolute atomic E-state index is 11.9. The van der Waals surface area contributed by atoms with Crippen LogP contribution < -0.4 is 0 Å². The first-order valence-electron chi connectivity index (χ1n) is 4.27. The second-order valence-corrected chi connectivity index (χ2v) is 3.19. The van der Waals surface area contributed by atoms with Gasteiger partial charge in [-0.05, 0) is 0 Å². The van der Waals surface area contributed by atoms with Gasteiger partial charge in [0.2, 0.25) is 0 Å². The van der Waals surface area contributed by atoms with Crippen molar-refractivity contribution in [2.75, 3.05) is 13.3 Å². The first-order valence-corrected chi connectivity index (χ1v) is 4.65. The molecule has 0 atom stereocenters. The summed E-state index contributed by atoms with van der Waals surface area (Å²) in [7, 11) is 0. The second-order valence-electron chi connectivity index (χ2n) is 2.78. The quantitative estimate of drug-likeness (QED) is 0.765. The van der Waals surface area contributed by atoms with E-state index in [1.165, 1.54) is 10.9 Å². The molecule has 1 aromatic heterocycles. The first-order chi connectivity index (χ1) is 7.13. The minimum atomic E-state index is -2.52. The lowest BCUT2D eigenvalue weighted by Gasteiger charge is -2.00. The van der Waals surface area contributed by atoms with E-state index in [1.54, 1.807) is 0 Å². The zero-order chi connectivity index (χ0) is 11.3. The normalized spacial score (nSPS) is 11.3. The molecule has 0 N–H and O–H groups in total. The summed E-state index contributed by atoms with van der Waals surface area (Å²) in [5.41, 5.74) is 0.339. The van der Waals surface area contributed by atoms with Gasteiger partial charge in [-0.2, -0.15) is 5.10 Å². The van der Waals surface area contributed by atoms with Gasteiger partial charge in [0.05, 0.1) is 18.2 Å². The van der Waals surface area contributed by atoms with Crippen LogP contribution in [0.4, 0.5) is 13.2 Å². The Labute approximate surface area is 89.8 Å². The van der Waals surface area contributed by atoms with Gasteiger partial charge in [0, 0.05) is 6.20 Å². The number of ether oxygens (including phenoxy) is 1. The molecule has 15 heavy (non-hydrogen) atoms. The Morgan fingerprint density at radius 3 is 2.87 bits per heavy atom. The van der Waals surface area contributed by atoms with Crippen LogP contribution in [-0.4, -0.2) is 29.5 Å². The Bertz CT molecular complexity index is 306. The Kier molecular flexibility index (Phi) is 4.90. The zero-order valence-corrected chi connectivity index (χ0v) is 8.55. The fourth-order valence-corrected chi connectivity index (χ4v) is 1.19. The molecule has 0 amide bonds. The molecule has 0 aromatic carbocycles. The molecular formula is C8H10ClF3N2O. The van der Waals surface area contributed by atoms with E-state index >= 15 is 0 Å². The molecule has 0 saturated carbocycles. The molecule has 0 aliphatic rings. The predicted molar refractivity (Wildman–Crippen MR) is 48.9 cm³/mol. The van der Waals surface area contributed by atoms with E-state index in [0.717, 1.165) is 0 Å². The second kappa shape index (κ2) is 5.97. The molecule has 1 aromatic rings. The smallest absolute Gasteiger partial charge is 0.261 e. The third-order valence-electron chi connectivity index (χ3n) is 1.58. The lowest BCUT2D eigenvalue weighted by Crippen LogP contribution is -2.06. The number of hydrogen-bond donors (Lipinski definition) is 0. The molecule has 1 heterocycles. The largest absolute Gasteiger partial charge is 0.369 e. The van der Waals surface area contributed by atoms with Gasteiger partial charge in [-0.1, -0.05) is 11.6 Å². The van der Waals surface area contributed by atoms with Gasteiger partial charge in [-0.15, -0.1) is 0 Å². The summed E-state index contributed by atoms with van der Waals surface area (Å²) in [6.07, 6.45) is -1.08. The number of nitrogens with zero attached hydrogens (tertiary/aromatic N) is 2. The minimum Gasteiger partial charge on any atom is -0.369 e. The molecule has 0 fully saturated rings. The molecule has 86 valence electrons. The van der Waals surface area contributed by atoms with E-state index in [4.69, 9.17) is 11.6 Å². The molecular weight excluding hydrogens is 233 g/mol. The molecule has 1 rings (SSSR count). The number of hydrogen-bond acceptors (Lipinski definition) is 2. The lowest BCUT2D eigenvalue weighted by atomic mass is 10.5. The van der Waals surface area contributed by atoms with E-state index in [-0.39, 0.29) is 18.2 Å². The number of halogens is 4. The monoisotopic (exact) mass is 242 g/mol. The van der Waals surface area contributed by atoms with E-state index in [2.05, 4.69) is 9.84 Å². The topological polar surface area (TPSA) is 27.1 Å². The van der Waals surface area contributed by atoms with Crippen LogP contribution in [0, 0.1) is 0 Å².